The van der Waals surface area contributed by atoms with Gasteiger partial charge < -0.3 is 10.1 Å². The number of benzene rings is 1. The number of nitrogens with zero attached hydrogens (tertiary/aromatic N) is 2. The zero-order valence-corrected chi connectivity index (χ0v) is 12.5. The molecule has 2 aromatic rings. The van der Waals surface area contributed by atoms with E-state index in [0.29, 0.717) is 5.82 Å². The van der Waals surface area contributed by atoms with Crippen molar-refractivity contribution in [2.75, 3.05) is 19.0 Å². The summed E-state index contributed by atoms with van der Waals surface area (Å²) >= 11 is 0. The fourth-order valence-electron chi connectivity index (χ4n) is 2.06. The highest BCUT2D eigenvalue weighted by molar-refractivity contribution is 5.85. The van der Waals surface area contributed by atoms with Gasteiger partial charge >= 0.3 is 5.97 Å². The van der Waals surface area contributed by atoms with E-state index < -0.39 is 5.97 Å². The Bertz CT molecular complexity index is 641. The number of ether oxygens (including phenoxy) is 1. The van der Waals surface area contributed by atoms with Crippen molar-refractivity contribution >= 4 is 11.8 Å². The monoisotopic (exact) mass is 285 g/mol. The lowest BCUT2D eigenvalue weighted by Crippen LogP contribution is -2.13. The van der Waals surface area contributed by atoms with Crippen LogP contribution in [0, 0.1) is 13.8 Å². The highest BCUT2D eigenvalue weighted by Crippen LogP contribution is 2.10. The summed E-state index contributed by atoms with van der Waals surface area (Å²) in [5, 5.41) is 3.22. The largest absolute Gasteiger partial charge is 0.463 e. The summed E-state index contributed by atoms with van der Waals surface area (Å²) in [5.41, 5.74) is 3.29. The molecule has 0 unspecified atom stereocenters. The Morgan fingerprint density at radius 1 is 1.24 bits per heavy atom. The van der Waals surface area contributed by atoms with Gasteiger partial charge in [0, 0.05) is 18.3 Å². The third kappa shape index (κ3) is 4.02. The van der Waals surface area contributed by atoms with Gasteiger partial charge in [0.2, 0.25) is 5.82 Å². The number of anilines is 1. The molecule has 0 amide bonds. The Morgan fingerprint density at radius 3 is 2.71 bits per heavy atom. The van der Waals surface area contributed by atoms with Crippen LogP contribution >= 0.6 is 0 Å². The van der Waals surface area contributed by atoms with Crippen LogP contribution in [-0.4, -0.2) is 29.6 Å². The SMILES string of the molecule is COC(=O)c1nc(C)cc(NCCc2ccccc2C)n1. The molecule has 21 heavy (non-hydrogen) atoms. The second-order valence-electron chi connectivity index (χ2n) is 4.81. The number of carbonyl (C=O) groups excluding carboxylic acids is 1. The van der Waals surface area contributed by atoms with Gasteiger partial charge in [-0.15, -0.1) is 0 Å². The fourth-order valence-corrected chi connectivity index (χ4v) is 2.06. The number of hydrogen-bond acceptors (Lipinski definition) is 5. The van der Waals surface area contributed by atoms with Crippen LogP contribution in [0.25, 0.3) is 0 Å². The van der Waals surface area contributed by atoms with Gasteiger partial charge in [-0.05, 0) is 31.4 Å². The highest BCUT2D eigenvalue weighted by atomic mass is 16.5. The van der Waals surface area contributed by atoms with Crippen LogP contribution in [0.3, 0.4) is 0 Å². The first-order valence-electron chi connectivity index (χ1n) is 6.82. The summed E-state index contributed by atoms with van der Waals surface area (Å²) in [6.45, 7) is 4.65. The van der Waals surface area contributed by atoms with Gasteiger partial charge in [0.1, 0.15) is 5.82 Å². The topological polar surface area (TPSA) is 64.1 Å². The normalized spacial score (nSPS) is 10.2. The zero-order valence-electron chi connectivity index (χ0n) is 12.5. The number of methoxy groups -OCH3 is 1. The van der Waals surface area contributed by atoms with Crippen molar-refractivity contribution in [1.82, 2.24) is 9.97 Å². The molecule has 0 bridgehead atoms. The fraction of sp³-hybridized carbons (Fsp3) is 0.312. The number of nitrogens with one attached hydrogen (secondary N) is 1. The number of rotatable bonds is 5. The van der Waals surface area contributed by atoms with Crippen molar-refractivity contribution in [1.29, 1.82) is 0 Å². The van der Waals surface area contributed by atoms with Gasteiger partial charge in [-0.25, -0.2) is 14.8 Å². The summed E-state index contributed by atoms with van der Waals surface area (Å²) in [7, 11) is 1.32. The van der Waals surface area contributed by atoms with Gasteiger partial charge in [-0.1, -0.05) is 24.3 Å². The molecular formula is C16H19N3O2. The van der Waals surface area contributed by atoms with Crippen LogP contribution in [0.4, 0.5) is 5.82 Å². The van der Waals surface area contributed by atoms with Crippen LogP contribution in [0.1, 0.15) is 27.4 Å². The Kier molecular flexibility index (Phi) is 4.87. The van der Waals surface area contributed by atoms with E-state index in [-0.39, 0.29) is 5.82 Å². The molecule has 0 radical (unpaired) electrons. The summed E-state index contributed by atoms with van der Waals surface area (Å²) in [6.07, 6.45) is 0.892. The van der Waals surface area contributed by atoms with E-state index in [1.165, 1.54) is 18.2 Å². The average molecular weight is 285 g/mol. The standard InChI is InChI=1S/C16H19N3O2/c1-11-6-4-5-7-13(11)8-9-17-14-10-12(2)18-15(19-14)16(20)21-3/h4-7,10H,8-9H2,1-3H3,(H,17,18,19). The Morgan fingerprint density at radius 2 is 2.00 bits per heavy atom. The lowest BCUT2D eigenvalue weighted by Gasteiger charge is -2.09. The minimum absolute atomic E-state index is 0.0795. The molecule has 5 nitrogen and oxygen atoms in total. The molecule has 1 aromatic heterocycles. The number of esters is 1. The lowest BCUT2D eigenvalue weighted by atomic mass is 10.1. The smallest absolute Gasteiger partial charge is 0.376 e. The van der Waals surface area contributed by atoms with Crippen LogP contribution in [0.15, 0.2) is 30.3 Å². The maximum atomic E-state index is 11.5. The molecule has 1 aromatic carbocycles. The molecule has 0 atom stereocenters. The van der Waals surface area contributed by atoms with E-state index >= 15 is 0 Å². The zero-order chi connectivity index (χ0) is 15.2. The van der Waals surface area contributed by atoms with Crippen molar-refractivity contribution in [3.63, 3.8) is 0 Å². The van der Waals surface area contributed by atoms with Gasteiger partial charge in [-0.2, -0.15) is 0 Å². The van der Waals surface area contributed by atoms with Crippen molar-refractivity contribution in [2.45, 2.75) is 20.3 Å². The second-order valence-corrected chi connectivity index (χ2v) is 4.81. The quantitative estimate of drug-likeness (QED) is 0.855. The molecular weight excluding hydrogens is 266 g/mol. The Balaban J connectivity index is 2.02. The number of aryl methyl sites for hydroxylation is 2. The molecule has 0 fully saturated rings. The van der Waals surface area contributed by atoms with Gasteiger partial charge in [0.05, 0.1) is 7.11 Å². The van der Waals surface area contributed by atoms with E-state index in [1.54, 1.807) is 0 Å². The summed E-state index contributed by atoms with van der Waals surface area (Å²) < 4.78 is 4.64. The molecule has 2 rings (SSSR count). The van der Waals surface area contributed by atoms with E-state index in [1.807, 2.05) is 25.1 Å². The molecule has 1 heterocycles. The minimum atomic E-state index is -0.527. The van der Waals surface area contributed by atoms with Gasteiger partial charge in [0.15, 0.2) is 0 Å². The van der Waals surface area contributed by atoms with Crippen molar-refractivity contribution in [3.8, 4) is 0 Å². The highest BCUT2D eigenvalue weighted by Gasteiger charge is 2.11. The number of carbonyl (C=O) groups is 1. The van der Waals surface area contributed by atoms with Gasteiger partial charge in [0.25, 0.3) is 0 Å². The summed E-state index contributed by atoms with van der Waals surface area (Å²) in [5.74, 6) is 0.188. The van der Waals surface area contributed by atoms with Gasteiger partial charge in [-0.3, -0.25) is 0 Å². The number of hydrogen-bond donors (Lipinski definition) is 1. The first kappa shape index (κ1) is 15.0. The third-order valence-electron chi connectivity index (χ3n) is 3.18. The molecule has 110 valence electrons. The summed E-state index contributed by atoms with van der Waals surface area (Å²) in [6, 6.07) is 10.1. The van der Waals surface area contributed by atoms with Crippen molar-refractivity contribution in [3.05, 3.63) is 53.0 Å². The maximum Gasteiger partial charge on any atom is 0.376 e. The molecule has 0 saturated heterocycles. The molecule has 0 spiro atoms. The molecule has 0 aliphatic rings. The van der Waals surface area contributed by atoms with E-state index in [9.17, 15) is 4.79 Å². The molecule has 0 aliphatic heterocycles. The summed E-state index contributed by atoms with van der Waals surface area (Å²) in [4.78, 5) is 19.7. The molecule has 0 saturated carbocycles. The minimum Gasteiger partial charge on any atom is -0.463 e. The first-order chi connectivity index (χ1) is 10.1. The molecule has 1 N–H and O–H groups in total. The van der Waals surface area contributed by atoms with Crippen LogP contribution in [0.5, 0.6) is 0 Å². The Labute approximate surface area is 124 Å². The molecule has 5 heteroatoms. The number of aromatic nitrogens is 2. The van der Waals surface area contributed by atoms with E-state index in [2.05, 4.69) is 39.1 Å². The predicted octanol–water partition coefficient (Wildman–Crippen LogP) is 2.53. The molecule has 0 aliphatic carbocycles. The van der Waals surface area contributed by atoms with Crippen LogP contribution in [-0.2, 0) is 11.2 Å². The lowest BCUT2D eigenvalue weighted by molar-refractivity contribution is 0.0586. The average Bonchev–Trinajstić information content (AvgIpc) is 2.48. The van der Waals surface area contributed by atoms with Crippen LogP contribution < -0.4 is 5.32 Å². The third-order valence-corrected chi connectivity index (χ3v) is 3.18. The van der Waals surface area contributed by atoms with Crippen molar-refractivity contribution < 1.29 is 9.53 Å². The van der Waals surface area contributed by atoms with Crippen LogP contribution in [0.2, 0.25) is 0 Å². The Hall–Kier alpha value is -2.43. The van der Waals surface area contributed by atoms with E-state index in [4.69, 9.17) is 0 Å². The maximum absolute atomic E-state index is 11.5. The van der Waals surface area contributed by atoms with E-state index in [0.717, 1.165) is 18.7 Å². The second kappa shape index (κ2) is 6.83. The predicted molar refractivity (Wildman–Crippen MR) is 81.5 cm³/mol. The van der Waals surface area contributed by atoms with Crippen molar-refractivity contribution in [2.24, 2.45) is 0 Å². The first-order valence-corrected chi connectivity index (χ1v) is 6.82.